The summed E-state index contributed by atoms with van der Waals surface area (Å²) in [4.78, 5) is 105. The van der Waals surface area contributed by atoms with E-state index in [1.165, 1.54) is 57.3 Å². The van der Waals surface area contributed by atoms with E-state index in [9.17, 15) is 38.4 Å². The van der Waals surface area contributed by atoms with Crippen LogP contribution in [0.3, 0.4) is 0 Å². The molecule has 4 N–H and O–H groups in total. The fourth-order valence-corrected chi connectivity index (χ4v) is 11.8. The Kier molecular flexibility index (Phi) is 25.8. The molecule has 8 aliphatic rings. The second-order valence-corrected chi connectivity index (χ2v) is 28.9. The summed E-state index contributed by atoms with van der Waals surface area (Å²) in [6, 6.07) is -0.466. The summed E-state index contributed by atoms with van der Waals surface area (Å²) in [5.41, 5.74) is 5.07. The van der Waals surface area contributed by atoms with E-state index in [1.807, 2.05) is 85.5 Å². The number of amides is 4. The number of aliphatic hydroxyl groups is 2. The van der Waals surface area contributed by atoms with E-state index in [2.05, 4.69) is 40.7 Å². The van der Waals surface area contributed by atoms with Crippen molar-refractivity contribution in [3.05, 3.63) is 46.7 Å². The Labute approximate surface area is 529 Å². The molecule has 4 aliphatic heterocycles. The maximum Gasteiger partial charge on any atom is 0.410 e. The highest BCUT2D eigenvalue weighted by Gasteiger charge is 2.48. The molecule has 4 saturated carbocycles. The molecule has 0 bridgehead atoms. The van der Waals surface area contributed by atoms with Crippen molar-refractivity contribution >= 4 is 47.5 Å². The van der Waals surface area contributed by atoms with Gasteiger partial charge in [-0.15, -0.1) is 0 Å². The van der Waals surface area contributed by atoms with Crippen molar-refractivity contribution in [2.75, 3.05) is 33.4 Å². The molecule has 2 aromatic rings. The predicted octanol–water partition coefficient (Wildman–Crippen LogP) is 11.3. The van der Waals surface area contributed by atoms with Crippen LogP contribution in [0.15, 0.2) is 0 Å². The average molecular weight is 1250 g/mol. The molecule has 0 spiro atoms. The molecule has 89 heavy (non-hydrogen) atoms. The van der Waals surface area contributed by atoms with Crippen LogP contribution in [0.1, 0.15) is 247 Å². The molecule has 2 saturated heterocycles. The zero-order chi connectivity index (χ0) is 66.7. The molecule has 22 heteroatoms. The smallest absolute Gasteiger partial charge is 0.410 e. The zero-order valence-electron chi connectivity index (χ0n) is 56.8. The SMILES string of the molecule is CC1C(C(=O)C2C[CH+]C2)C(=O)CCN1C(=O)OC(C)(C)C.CC1CC(=O)C(C(=O)C2CCC2)CN1C(=O)OC(C)(C)C.CC1Cc2[nH]nc(C3CCC3)c2CN1C(=O)OC(C)(C)C.CC1c2c(C3C[CH+]C3)n[nH]c2CCN1C(=O)OC(C)(C)C.CCO.CO. The van der Waals surface area contributed by atoms with Crippen LogP contribution in [-0.2, 0) is 57.5 Å². The van der Waals surface area contributed by atoms with Crippen LogP contribution < -0.4 is 0 Å². The number of hydrogen-bond acceptors (Lipinski definition) is 16. The van der Waals surface area contributed by atoms with Gasteiger partial charge in [-0.25, -0.2) is 19.2 Å². The normalized spacial score (nSPS) is 23.6. The number of aromatic amines is 2. The lowest BCUT2D eigenvalue weighted by Gasteiger charge is -2.39. The summed E-state index contributed by atoms with van der Waals surface area (Å²) in [6.07, 6.45) is 15.4. The van der Waals surface area contributed by atoms with Gasteiger partial charge in [-0.3, -0.25) is 29.4 Å². The summed E-state index contributed by atoms with van der Waals surface area (Å²) >= 11 is 0. The van der Waals surface area contributed by atoms with Gasteiger partial charge in [0.2, 0.25) is 0 Å². The average Bonchev–Trinajstić information content (AvgIpc) is 1.85. The second kappa shape index (κ2) is 31.2. The van der Waals surface area contributed by atoms with E-state index in [0.717, 1.165) is 70.6 Å². The lowest BCUT2D eigenvalue weighted by atomic mass is 9.73. The van der Waals surface area contributed by atoms with Crippen molar-refractivity contribution in [2.24, 2.45) is 23.7 Å². The van der Waals surface area contributed by atoms with E-state index >= 15 is 0 Å². The number of ether oxygens (including phenoxy) is 4. The molecule has 0 radical (unpaired) electrons. The molecule has 22 nitrogen and oxygen atoms in total. The van der Waals surface area contributed by atoms with Crippen LogP contribution in [0.4, 0.5) is 19.2 Å². The number of ketones is 4. The van der Waals surface area contributed by atoms with E-state index in [4.69, 9.17) is 29.2 Å². The number of carbonyl (C=O) groups excluding carboxylic acids is 8. The molecule has 6 unspecified atom stereocenters. The Morgan fingerprint density at radius 2 is 1.02 bits per heavy atom. The van der Waals surface area contributed by atoms with E-state index in [0.29, 0.717) is 31.5 Å². The number of aliphatic hydroxyl groups excluding tert-OH is 2. The van der Waals surface area contributed by atoms with Gasteiger partial charge in [0, 0.05) is 112 Å². The van der Waals surface area contributed by atoms with Crippen molar-refractivity contribution in [2.45, 2.75) is 273 Å². The molecule has 0 aromatic carbocycles. The van der Waals surface area contributed by atoms with Crippen LogP contribution in [0.2, 0.25) is 0 Å². The first-order chi connectivity index (χ1) is 41.5. The van der Waals surface area contributed by atoms with Crippen LogP contribution in [0.5, 0.6) is 0 Å². The highest BCUT2D eigenvalue weighted by Crippen LogP contribution is 2.43. The van der Waals surface area contributed by atoms with Crippen molar-refractivity contribution in [1.82, 2.24) is 40.0 Å². The molecule has 4 aliphatic carbocycles. The van der Waals surface area contributed by atoms with E-state index in [-0.39, 0.29) is 91.3 Å². The minimum absolute atomic E-state index is 0.0109. The minimum atomic E-state index is -0.690. The summed E-state index contributed by atoms with van der Waals surface area (Å²) in [7, 11) is 1.00. The Hall–Kier alpha value is -6.16. The number of nitrogens with one attached hydrogen (secondary N) is 2. The third-order valence-electron chi connectivity index (χ3n) is 17.2. The molecule has 4 amide bonds. The van der Waals surface area contributed by atoms with Crippen LogP contribution in [0.25, 0.3) is 0 Å². The van der Waals surface area contributed by atoms with Gasteiger partial charge in [0.1, 0.15) is 65.4 Å². The molecule has 498 valence electrons. The number of piperidine rings is 2. The van der Waals surface area contributed by atoms with Crippen LogP contribution in [-0.4, -0.2) is 172 Å². The quantitative estimate of drug-likeness (QED) is 0.119. The lowest BCUT2D eigenvalue weighted by molar-refractivity contribution is -0.142. The van der Waals surface area contributed by atoms with Gasteiger partial charge in [-0.05, 0) is 143 Å². The van der Waals surface area contributed by atoms with Gasteiger partial charge in [0.15, 0.2) is 5.78 Å². The van der Waals surface area contributed by atoms with Crippen molar-refractivity contribution in [3.63, 3.8) is 0 Å². The Morgan fingerprint density at radius 1 is 0.562 bits per heavy atom. The maximum absolute atomic E-state index is 12.4. The van der Waals surface area contributed by atoms with Crippen molar-refractivity contribution in [3.8, 4) is 0 Å². The molecule has 2 aromatic heterocycles. The Bertz CT molecular complexity index is 2680. The number of hydrogen-bond donors (Lipinski definition) is 4. The molecule has 6 fully saturated rings. The van der Waals surface area contributed by atoms with E-state index in [1.54, 1.807) is 34.6 Å². The fraction of sp³-hybridized carbons (Fsp3) is 0.761. The van der Waals surface area contributed by atoms with Gasteiger partial charge in [-0.2, -0.15) is 10.2 Å². The van der Waals surface area contributed by atoms with Crippen LogP contribution in [0, 0.1) is 36.5 Å². The monoisotopic (exact) mass is 1250 g/mol. The number of aromatic nitrogens is 4. The van der Waals surface area contributed by atoms with Gasteiger partial charge in [0.25, 0.3) is 0 Å². The first-order valence-electron chi connectivity index (χ1n) is 32.5. The summed E-state index contributed by atoms with van der Waals surface area (Å²) in [6.45, 7) is 33.7. The maximum atomic E-state index is 12.4. The number of fused-ring (bicyclic) bond motifs is 2. The van der Waals surface area contributed by atoms with Crippen LogP contribution >= 0.6 is 0 Å². The molecule has 6 heterocycles. The Morgan fingerprint density at radius 3 is 1.48 bits per heavy atom. The summed E-state index contributed by atoms with van der Waals surface area (Å²) in [5, 5.41) is 30.0. The standard InChI is InChI=1S/C16H25N3O2.C16H24N3O2.C16H25NO4.C16H24NO4.C2H6O.CH4O/c1-10-8-13-12(14(18-17-13)11-6-5-7-11)9-19(10)15(20)21-16(2,3)4;1-10-13-12(17-18-14(13)11-6-5-7-11)8-9-19(10)15(20)21-16(2,3)4;1-10-8-13(18)12(14(19)11-6-5-7-11)9-17(10)15(20)21-16(2,3)4;1-10-13(14(19)11-6-5-7-11)12(18)8-9-17(10)15(20)21-16(2,3)4;1-2-3;1-2/h10-11H,5-9H2,1-4H3,(H,17,18);5,10-11H,6-9H2,1-4H3,(H,17,18);10-12H,5-9H2,1-4H3;5,10-11,13H,6-9H2,1-4H3;3H,2H2,1H3;2H,1H3/q;+1;;+1;;. The zero-order valence-corrected chi connectivity index (χ0v) is 56.8. The van der Waals surface area contributed by atoms with E-state index < -0.39 is 52.5 Å². The Balaban J connectivity index is 0.000000211. The number of nitrogens with zero attached hydrogens (tertiary/aromatic N) is 6. The third kappa shape index (κ3) is 19.9. The molecule has 6 atom stereocenters. The first-order valence-corrected chi connectivity index (χ1v) is 32.5. The van der Waals surface area contributed by atoms with Gasteiger partial charge in [-0.1, -0.05) is 12.8 Å². The predicted molar refractivity (Wildman–Crippen MR) is 336 cm³/mol. The first kappa shape index (κ1) is 73.6. The van der Waals surface area contributed by atoms with Crippen molar-refractivity contribution < 1.29 is 67.5 Å². The highest BCUT2D eigenvalue weighted by atomic mass is 16.6. The molecular weight excluding hydrogens is 1140 g/mol. The number of likely N-dealkylation sites (tertiary alicyclic amines) is 2. The number of carbonyl (C=O) groups is 8. The van der Waals surface area contributed by atoms with Gasteiger partial charge >= 0.3 is 24.4 Å². The third-order valence-corrected chi connectivity index (χ3v) is 17.2. The summed E-state index contributed by atoms with van der Waals surface area (Å²) in [5.74, 6) is -0.324. The highest BCUT2D eigenvalue weighted by molar-refractivity contribution is 6.06. The number of H-pyrrole nitrogens is 2. The fourth-order valence-electron chi connectivity index (χ4n) is 11.8. The lowest BCUT2D eigenvalue weighted by Crippen LogP contribution is -2.55. The number of rotatable bonds is 6. The topological polar surface area (TPSA) is 284 Å². The van der Waals surface area contributed by atoms with Crippen molar-refractivity contribution in [1.29, 1.82) is 0 Å². The van der Waals surface area contributed by atoms with Gasteiger partial charge < -0.3 is 48.8 Å². The minimum Gasteiger partial charge on any atom is -0.444 e. The second-order valence-electron chi connectivity index (χ2n) is 28.9. The van der Waals surface area contributed by atoms with Gasteiger partial charge in [0.05, 0.1) is 60.5 Å². The molecule has 10 rings (SSSR count). The largest absolute Gasteiger partial charge is 0.444 e. The molecular formula is C67H108N8O14+2. The summed E-state index contributed by atoms with van der Waals surface area (Å²) < 4.78 is 21.8. The number of Topliss-reactive ketones (excluding diaryl/α,β-unsaturated/α-hetero) is 4.